The maximum Gasteiger partial charge on any atom is 0.305 e. The van der Waals surface area contributed by atoms with E-state index in [4.69, 9.17) is 23.2 Å². The zero-order chi connectivity index (χ0) is 25.4. The summed E-state index contributed by atoms with van der Waals surface area (Å²) in [7, 11) is 0. The molecule has 1 atom stereocenters. The van der Waals surface area contributed by atoms with E-state index in [1.165, 1.54) is 4.68 Å². The molecule has 3 rings (SSSR count). The lowest BCUT2D eigenvalue weighted by molar-refractivity contribution is -0.139. The Morgan fingerprint density at radius 1 is 1.09 bits per heavy atom. The first-order chi connectivity index (χ1) is 16.7. The van der Waals surface area contributed by atoms with Gasteiger partial charge in [-0.05, 0) is 58.4 Å². The van der Waals surface area contributed by atoms with E-state index in [2.05, 4.69) is 20.8 Å². The maximum atomic E-state index is 12.9. The summed E-state index contributed by atoms with van der Waals surface area (Å²) in [5.41, 5.74) is 0.920. The summed E-state index contributed by atoms with van der Waals surface area (Å²) in [5.74, 6) is -1.28. The number of tetrazole rings is 1. The minimum Gasteiger partial charge on any atom is -0.508 e. The van der Waals surface area contributed by atoms with Gasteiger partial charge >= 0.3 is 5.97 Å². The van der Waals surface area contributed by atoms with Crippen LogP contribution in [-0.2, 0) is 22.6 Å². The van der Waals surface area contributed by atoms with Crippen LogP contribution in [0.15, 0.2) is 52.5 Å². The highest BCUT2D eigenvalue weighted by molar-refractivity contribution is 8.13. The van der Waals surface area contributed by atoms with Crippen molar-refractivity contribution in [1.29, 1.82) is 0 Å². The standard InChI is InChI=1S/C21H19Cl2N5O5S2/c22-14-2-1-3-15(23)19(14)35-20-25-26-27-28(20)11-17(30)16(10-18(31)32)24-21(33)34-9-8-12-4-6-13(29)7-5-12/h1-7,16,29H,8-11H2,(H,24,33)(H,31,32). The number of carboxylic acid groups (broad SMARTS) is 1. The summed E-state index contributed by atoms with van der Waals surface area (Å²) in [6, 6.07) is 10.3. The first-order valence-corrected chi connectivity index (χ1v) is 12.6. The molecule has 1 aromatic heterocycles. The summed E-state index contributed by atoms with van der Waals surface area (Å²) in [6.45, 7) is -0.367. The van der Waals surface area contributed by atoms with E-state index in [0.717, 1.165) is 29.1 Å². The Labute approximate surface area is 218 Å². The number of nitrogens with one attached hydrogen (secondary N) is 1. The molecule has 0 bridgehead atoms. The molecule has 1 amide bonds. The lowest BCUT2D eigenvalue weighted by atomic mass is 10.1. The lowest BCUT2D eigenvalue weighted by Crippen LogP contribution is -2.42. The number of thioether (sulfide) groups is 1. The quantitative estimate of drug-likeness (QED) is 0.317. The van der Waals surface area contributed by atoms with Crippen molar-refractivity contribution >= 4 is 63.7 Å². The van der Waals surface area contributed by atoms with Gasteiger partial charge in [0.2, 0.25) is 5.16 Å². The van der Waals surface area contributed by atoms with Crippen molar-refractivity contribution in [2.45, 2.75) is 35.5 Å². The average molecular weight is 556 g/mol. The van der Waals surface area contributed by atoms with Crippen LogP contribution < -0.4 is 5.32 Å². The molecule has 0 aliphatic carbocycles. The number of benzene rings is 2. The highest BCUT2D eigenvalue weighted by atomic mass is 35.5. The van der Waals surface area contributed by atoms with Gasteiger partial charge in [0.05, 0.1) is 21.4 Å². The molecule has 0 radical (unpaired) electrons. The van der Waals surface area contributed by atoms with Crippen LogP contribution in [0.2, 0.25) is 10.0 Å². The summed E-state index contributed by atoms with van der Waals surface area (Å²) >= 11 is 14.3. The third-order valence-electron chi connectivity index (χ3n) is 4.54. The Bertz CT molecular complexity index is 1190. The predicted octanol–water partition coefficient (Wildman–Crippen LogP) is 3.93. The highest BCUT2D eigenvalue weighted by Crippen LogP contribution is 2.37. The van der Waals surface area contributed by atoms with Crippen LogP contribution in [0.1, 0.15) is 12.0 Å². The van der Waals surface area contributed by atoms with E-state index in [9.17, 15) is 24.6 Å². The number of nitrogens with zero attached hydrogens (tertiary/aromatic N) is 4. The molecule has 0 spiro atoms. The fraction of sp³-hybridized carbons (Fsp3) is 0.238. The van der Waals surface area contributed by atoms with E-state index in [1.54, 1.807) is 42.5 Å². The number of aromatic hydroxyl groups is 1. The van der Waals surface area contributed by atoms with Crippen LogP contribution in [0.4, 0.5) is 4.79 Å². The van der Waals surface area contributed by atoms with Crippen molar-refractivity contribution in [1.82, 2.24) is 25.5 Å². The number of carbonyl (C=O) groups excluding carboxylic acids is 2. The molecule has 0 saturated heterocycles. The van der Waals surface area contributed by atoms with Gasteiger partial charge in [-0.3, -0.25) is 14.4 Å². The fourth-order valence-electron chi connectivity index (χ4n) is 2.83. The van der Waals surface area contributed by atoms with Gasteiger partial charge in [-0.25, -0.2) is 4.68 Å². The van der Waals surface area contributed by atoms with Gasteiger partial charge < -0.3 is 15.5 Å². The van der Waals surface area contributed by atoms with E-state index in [0.29, 0.717) is 27.1 Å². The molecular formula is C21H19Cl2N5O5S2. The van der Waals surface area contributed by atoms with Gasteiger partial charge in [-0.15, -0.1) is 5.10 Å². The largest absolute Gasteiger partial charge is 0.508 e. The molecule has 3 N–H and O–H groups in total. The molecule has 0 fully saturated rings. The summed E-state index contributed by atoms with van der Waals surface area (Å²) < 4.78 is 1.19. The van der Waals surface area contributed by atoms with Crippen LogP contribution in [0.25, 0.3) is 0 Å². The van der Waals surface area contributed by atoms with Crippen molar-refractivity contribution in [3.63, 3.8) is 0 Å². The molecule has 35 heavy (non-hydrogen) atoms. The van der Waals surface area contributed by atoms with E-state index >= 15 is 0 Å². The molecule has 0 saturated carbocycles. The maximum absolute atomic E-state index is 12.9. The Morgan fingerprint density at radius 2 is 1.77 bits per heavy atom. The Hall–Kier alpha value is -2.80. The number of aryl methyl sites for hydroxylation is 1. The molecule has 0 aliphatic rings. The molecule has 3 aromatic rings. The zero-order valence-corrected chi connectivity index (χ0v) is 21.1. The first kappa shape index (κ1) is 26.8. The van der Waals surface area contributed by atoms with Gasteiger partial charge in [0.1, 0.15) is 18.3 Å². The zero-order valence-electron chi connectivity index (χ0n) is 17.9. The molecule has 1 unspecified atom stereocenters. The SMILES string of the molecule is O=C(O)CC(NC(=O)SCCc1ccc(O)cc1)C(=O)Cn1nnnc1Sc1c(Cl)cccc1Cl. The van der Waals surface area contributed by atoms with Gasteiger partial charge in [0.25, 0.3) is 5.24 Å². The van der Waals surface area contributed by atoms with Crippen molar-refractivity contribution in [3.05, 3.63) is 58.1 Å². The number of carboxylic acids is 1. The number of hydrogen-bond donors (Lipinski definition) is 3. The van der Waals surface area contributed by atoms with Crippen molar-refractivity contribution in [3.8, 4) is 5.75 Å². The van der Waals surface area contributed by atoms with E-state index < -0.39 is 29.5 Å². The Kier molecular flexibility index (Phi) is 9.78. The molecular weight excluding hydrogens is 537 g/mol. The van der Waals surface area contributed by atoms with Crippen LogP contribution in [0, 0.1) is 0 Å². The van der Waals surface area contributed by atoms with Gasteiger partial charge in [-0.1, -0.05) is 53.2 Å². The topological polar surface area (TPSA) is 147 Å². The molecule has 1 heterocycles. The molecule has 2 aromatic carbocycles. The number of amides is 1. The number of aliphatic carboxylic acids is 1. The van der Waals surface area contributed by atoms with E-state index in [-0.39, 0.29) is 17.5 Å². The predicted molar refractivity (Wildman–Crippen MR) is 132 cm³/mol. The van der Waals surface area contributed by atoms with Crippen molar-refractivity contribution in [2.75, 3.05) is 5.75 Å². The molecule has 10 nitrogen and oxygen atoms in total. The summed E-state index contributed by atoms with van der Waals surface area (Å²) in [6.07, 6.45) is -0.0459. The van der Waals surface area contributed by atoms with Crippen LogP contribution in [-0.4, -0.2) is 59.2 Å². The molecule has 184 valence electrons. The molecule has 0 aliphatic heterocycles. The van der Waals surface area contributed by atoms with Crippen LogP contribution >= 0.6 is 46.7 Å². The smallest absolute Gasteiger partial charge is 0.305 e. The van der Waals surface area contributed by atoms with Crippen molar-refractivity contribution < 1.29 is 24.6 Å². The lowest BCUT2D eigenvalue weighted by Gasteiger charge is -2.16. The second kappa shape index (κ2) is 12.8. The Morgan fingerprint density at radius 3 is 2.43 bits per heavy atom. The van der Waals surface area contributed by atoms with Gasteiger partial charge in [0.15, 0.2) is 5.78 Å². The first-order valence-electron chi connectivity index (χ1n) is 10.1. The number of carbonyl (C=O) groups is 3. The van der Waals surface area contributed by atoms with Crippen LogP contribution in [0.5, 0.6) is 5.75 Å². The minimum atomic E-state index is -1.27. The van der Waals surface area contributed by atoms with Gasteiger partial charge in [0, 0.05) is 5.75 Å². The third kappa shape index (κ3) is 8.13. The Balaban J connectivity index is 1.61. The number of hydrogen-bond acceptors (Lipinski definition) is 9. The number of phenolic OH excluding ortho intramolecular Hbond substituents is 1. The van der Waals surface area contributed by atoms with Crippen molar-refractivity contribution in [2.24, 2.45) is 0 Å². The minimum absolute atomic E-state index is 0.147. The second-order valence-electron chi connectivity index (χ2n) is 7.09. The number of Topliss-reactive ketones (excluding diaryl/α,β-unsaturated/α-hetero) is 1. The number of ketones is 1. The van der Waals surface area contributed by atoms with Crippen LogP contribution in [0.3, 0.4) is 0 Å². The number of aromatic nitrogens is 4. The highest BCUT2D eigenvalue weighted by Gasteiger charge is 2.26. The summed E-state index contributed by atoms with van der Waals surface area (Å²) in [4.78, 5) is 37.0. The summed E-state index contributed by atoms with van der Waals surface area (Å²) in [5, 5.41) is 32.7. The third-order valence-corrected chi connectivity index (χ3v) is 7.30. The second-order valence-corrected chi connectivity index (χ2v) is 9.95. The molecule has 14 heteroatoms. The van der Waals surface area contributed by atoms with Gasteiger partial charge in [-0.2, -0.15) is 0 Å². The normalized spacial score (nSPS) is 11.7. The van der Waals surface area contributed by atoms with E-state index in [1.807, 2.05) is 0 Å². The number of phenols is 1. The fourth-order valence-corrected chi connectivity index (χ4v) is 5.00. The number of rotatable bonds is 11. The average Bonchev–Trinajstić information content (AvgIpc) is 3.23. The number of halogens is 2. The monoisotopic (exact) mass is 555 g/mol.